The van der Waals surface area contributed by atoms with Crippen LogP contribution < -0.4 is 4.90 Å². The van der Waals surface area contributed by atoms with Crippen molar-refractivity contribution < 1.29 is 14.3 Å². The van der Waals surface area contributed by atoms with E-state index in [9.17, 15) is 9.90 Å². The van der Waals surface area contributed by atoms with Gasteiger partial charge in [0, 0.05) is 18.2 Å². The van der Waals surface area contributed by atoms with Gasteiger partial charge in [0.15, 0.2) is 0 Å². The number of carbonyl (C=O) groups is 1. The Morgan fingerprint density at radius 2 is 2.08 bits per heavy atom. The van der Waals surface area contributed by atoms with Gasteiger partial charge in [0.2, 0.25) is 0 Å². The Balaban J connectivity index is 1.97. The first kappa shape index (κ1) is 16.3. The standard InChI is InChI=1S/C19H22N2O3/c1-20-17-11-15(19(22)23)7-8-18(17)21(12-14-9-10-24-13-14)16-5-3-2-4-6-16/h7-11,13,16H,1-6,12H2,(H,22,23). The van der Waals surface area contributed by atoms with E-state index < -0.39 is 5.97 Å². The van der Waals surface area contributed by atoms with Crippen LogP contribution in [-0.4, -0.2) is 23.8 Å². The van der Waals surface area contributed by atoms with Crippen LogP contribution in [0.5, 0.6) is 0 Å². The Hall–Kier alpha value is -2.56. The van der Waals surface area contributed by atoms with E-state index in [2.05, 4.69) is 16.6 Å². The number of hydrogen-bond donors (Lipinski definition) is 1. The zero-order valence-corrected chi connectivity index (χ0v) is 13.6. The van der Waals surface area contributed by atoms with Crippen LogP contribution in [0.4, 0.5) is 11.4 Å². The third-order valence-corrected chi connectivity index (χ3v) is 4.65. The Morgan fingerprint density at radius 3 is 2.71 bits per heavy atom. The highest BCUT2D eigenvalue weighted by atomic mass is 16.4. The number of rotatable bonds is 6. The summed E-state index contributed by atoms with van der Waals surface area (Å²) >= 11 is 0. The molecular weight excluding hydrogens is 304 g/mol. The number of carboxylic acid groups (broad SMARTS) is 1. The lowest BCUT2D eigenvalue weighted by Crippen LogP contribution is -2.36. The van der Waals surface area contributed by atoms with Gasteiger partial charge in [-0.3, -0.25) is 4.99 Å². The number of aliphatic imine (C=N–C) groups is 1. The second kappa shape index (κ2) is 7.34. The lowest BCUT2D eigenvalue weighted by atomic mass is 9.93. The number of anilines is 1. The van der Waals surface area contributed by atoms with Crippen molar-refractivity contribution in [3.63, 3.8) is 0 Å². The van der Waals surface area contributed by atoms with E-state index >= 15 is 0 Å². The third-order valence-electron chi connectivity index (χ3n) is 4.65. The summed E-state index contributed by atoms with van der Waals surface area (Å²) in [6.07, 6.45) is 9.41. The summed E-state index contributed by atoms with van der Waals surface area (Å²) < 4.78 is 5.21. The molecular formula is C19H22N2O3. The van der Waals surface area contributed by atoms with Gasteiger partial charge in [0.05, 0.1) is 29.5 Å². The van der Waals surface area contributed by atoms with Gasteiger partial charge in [-0.15, -0.1) is 0 Å². The zero-order chi connectivity index (χ0) is 16.9. The van der Waals surface area contributed by atoms with Crippen molar-refractivity contribution >= 4 is 24.1 Å². The maximum Gasteiger partial charge on any atom is 0.335 e. The van der Waals surface area contributed by atoms with Crippen molar-refractivity contribution in [3.8, 4) is 0 Å². The van der Waals surface area contributed by atoms with Crippen LogP contribution >= 0.6 is 0 Å². The number of hydrogen-bond acceptors (Lipinski definition) is 4. The van der Waals surface area contributed by atoms with Gasteiger partial charge in [-0.25, -0.2) is 4.79 Å². The summed E-state index contributed by atoms with van der Waals surface area (Å²) in [6.45, 7) is 4.35. The van der Waals surface area contributed by atoms with Crippen LogP contribution in [0.25, 0.3) is 0 Å². The molecule has 1 N–H and O–H groups in total. The van der Waals surface area contributed by atoms with Crippen LogP contribution in [0, 0.1) is 0 Å². The van der Waals surface area contributed by atoms with Gasteiger partial charge < -0.3 is 14.4 Å². The van der Waals surface area contributed by atoms with E-state index in [4.69, 9.17) is 4.42 Å². The highest BCUT2D eigenvalue weighted by molar-refractivity contribution is 5.90. The smallest absolute Gasteiger partial charge is 0.335 e. The molecule has 0 atom stereocenters. The van der Waals surface area contributed by atoms with Gasteiger partial charge in [-0.1, -0.05) is 19.3 Å². The van der Waals surface area contributed by atoms with Crippen LogP contribution in [-0.2, 0) is 6.54 Å². The molecule has 3 rings (SSSR count). The molecule has 1 aromatic heterocycles. The molecule has 0 spiro atoms. The van der Waals surface area contributed by atoms with Crippen LogP contribution in [0.15, 0.2) is 46.2 Å². The minimum atomic E-state index is -0.953. The minimum absolute atomic E-state index is 0.230. The molecule has 1 heterocycles. The molecule has 0 unspecified atom stereocenters. The van der Waals surface area contributed by atoms with E-state index in [1.165, 1.54) is 19.3 Å². The molecule has 24 heavy (non-hydrogen) atoms. The van der Waals surface area contributed by atoms with Crippen LogP contribution in [0.2, 0.25) is 0 Å². The molecule has 1 saturated carbocycles. The van der Waals surface area contributed by atoms with Gasteiger partial charge in [0.1, 0.15) is 0 Å². The Kier molecular flexibility index (Phi) is 4.99. The molecule has 1 aliphatic carbocycles. The Labute approximate surface area is 141 Å². The monoisotopic (exact) mass is 326 g/mol. The lowest BCUT2D eigenvalue weighted by molar-refractivity contribution is 0.0697. The largest absolute Gasteiger partial charge is 0.478 e. The highest BCUT2D eigenvalue weighted by Crippen LogP contribution is 2.36. The van der Waals surface area contributed by atoms with Crippen molar-refractivity contribution in [2.75, 3.05) is 4.90 Å². The molecule has 0 aliphatic heterocycles. The minimum Gasteiger partial charge on any atom is -0.478 e. The summed E-state index contributed by atoms with van der Waals surface area (Å²) in [4.78, 5) is 17.6. The first-order chi connectivity index (χ1) is 11.7. The van der Waals surface area contributed by atoms with Crippen molar-refractivity contribution in [1.29, 1.82) is 0 Å². The Bertz CT molecular complexity index is 703. The van der Waals surface area contributed by atoms with Gasteiger partial charge in [0.25, 0.3) is 0 Å². The summed E-state index contributed by atoms with van der Waals surface area (Å²) in [5, 5.41) is 9.20. The maximum absolute atomic E-state index is 11.2. The molecule has 126 valence electrons. The molecule has 0 radical (unpaired) electrons. The molecule has 0 saturated heterocycles. The second-order valence-corrected chi connectivity index (χ2v) is 6.22. The van der Waals surface area contributed by atoms with E-state index in [0.717, 1.165) is 30.6 Å². The molecule has 5 nitrogen and oxygen atoms in total. The molecule has 1 aromatic carbocycles. The van der Waals surface area contributed by atoms with E-state index in [0.29, 0.717) is 11.7 Å². The normalized spacial score (nSPS) is 15.2. The number of aromatic carboxylic acids is 1. The molecule has 0 amide bonds. The number of nitrogens with zero attached hydrogens (tertiary/aromatic N) is 2. The number of carboxylic acids is 1. The molecule has 0 bridgehead atoms. The zero-order valence-electron chi connectivity index (χ0n) is 13.6. The first-order valence-corrected chi connectivity index (χ1v) is 8.31. The first-order valence-electron chi connectivity index (χ1n) is 8.31. The fourth-order valence-electron chi connectivity index (χ4n) is 3.41. The van der Waals surface area contributed by atoms with Gasteiger partial charge in [-0.2, -0.15) is 0 Å². The highest BCUT2D eigenvalue weighted by Gasteiger charge is 2.24. The van der Waals surface area contributed by atoms with Crippen molar-refractivity contribution in [1.82, 2.24) is 0 Å². The number of benzene rings is 1. The average molecular weight is 326 g/mol. The van der Waals surface area contributed by atoms with Crippen LogP contribution in [0.3, 0.4) is 0 Å². The second-order valence-electron chi connectivity index (χ2n) is 6.22. The molecule has 1 fully saturated rings. The third kappa shape index (κ3) is 3.50. The van der Waals surface area contributed by atoms with Crippen LogP contribution in [0.1, 0.15) is 48.0 Å². The van der Waals surface area contributed by atoms with Gasteiger partial charge >= 0.3 is 5.97 Å². The summed E-state index contributed by atoms with van der Waals surface area (Å²) in [6, 6.07) is 7.46. The SMILES string of the molecule is C=Nc1cc(C(=O)O)ccc1N(Cc1ccoc1)C1CCCCC1. The fraction of sp³-hybridized carbons (Fsp3) is 0.368. The molecule has 1 aliphatic rings. The quantitative estimate of drug-likeness (QED) is 0.785. The molecule has 2 aromatic rings. The predicted molar refractivity (Wildman–Crippen MR) is 94.4 cm³/mol. The van der Waals surface area contributed by atoms with E-state index in [1.807, 2.05) is 12.1 Å². The molecule has 5 heteroatoms. The summed E-state index contributed by atoms with van der Waals surface area (Å²) in [7, 11) is 0. The fourth-order valence-corrected chi connectivity index (χ4v) is 3.41. The Morgan fingerprint density at radius 1 is 1.29 bits per heavy atom. The van der Waals surface area contributed by atoms with Crippen molar-refractivity contribution in [2.45, 2.75) is 44.7 Å². The summed E-state index contributed by atoms with van der Waals surface area (Å²) in [5.41, 5.74) is 2.87. The van der Waals surface area contributed by atoms with E-state index in [1.54, 1.807) is 24.7 Å². The number of furan rings is 1. The predicted octanol–water partition coefficient (Wildman–Crippen LogP) is 4.65. The van der Waals surface area contributed by atoms with Crippen molar-refractivity contribution in [3.05, 3.63) is 47.9 Å². The summed E-state index contributed by atoms with van der Waals surface area (Å²) in [5.74, 6) is -0.953. The average Bonchev–Trinajstić information content (AvgIpc) is 3.13. The van der Waals surface area contributed by atoms with E-state index in [-0.39, 0.29) is 5.56 Å². The van der Waals surface area contributed by atoms with Crippen molar-refractivity contribution in [2.24, 2.45) is 4.99 Å². The maximum atomic E-state index is 11.2. The van der Waals surface area contributed by atoms with Gasteiger partial charge in [-0.05, 0) is 43.8 Å². The topological polar surface area (TPSA) is 66.0 Å². The lowest BCUT2D eigenvalue weighted by Gasteiger charge is -2.36.